The smallest absolute Gasteiger partial charge is 0.220 e. The molecule has 0 saturated heterocycles. The maximum atomic E-state index is 12.0. The quantitative estimate of drug-likeness (QED) is 0.856. The van der Waals surface area contributed by atoms with Gasteiger partial charge in [-0.3, -0.25) is 4.79 Å². The minimum Gasteiger partial charge on any atom is -0.394 e. The number of aryl methyl sites for hydroxylation is 2. The van der Waals surface area contributed by atoms with Crippen LogP contribution in [0.1, 0.15) is 29.2 Å². The highest BCUT2D eigenvalue weighted by Crippen LogP contribution is 2.13. The molecule has 0 spiro atoms. The molecule has 2 N–H and O–H groups in total. The molecule has 0 bridgehead atoms. The predicted octanol–water partition coefficient (Wildman–Crippen LogP) is 2.78. The van der Waals surface area contributed by atoms with Crippen LogP contribution in [0.25, 0.3) is 0 Å². The third-order valence-corrected chi connectivity index (χ3v) is 3.60. The Labute approximate surface area is 125 Å². The molecule has 0 saturated carbocycles. The largest absolute Gasteiger partial charge is 0.394 e. The number of carbonyl (C=O) groups is 1. The van der Waals surface area contributed by atoms with Crippen molar-refractivity contribution in [2.75, 3.05) is 6.61 Å². The lowest BCUT2D eigenvalue weighted by molar-refractivity contribution is -0.122. The fraction of sp³-hybridized carbons (Fsp3) is 0.278. The van der Waals surface area contributed by atoms with Crippen molar-refractivity contribution in [3.63, 3.8) is 0 Å². The first-order chi connectivity index (χ1) is 10.2. The van der Waals surface area contributed by atoms with E-state index >= 15 is 0 Å². The van der Waals surface area contributed by atoms with Gasteiger partial charge in [0, 0.05) is 6.42 Å². The van der Waals surface area contributed by atoms with Crippen molar-refractivity contribution in [3.8, 4) is 0 Å². The molecule has 21 heavy (non-hydrogen) atoms. The van der Waals surface area contributed by atoms with Gasteiger partial charge in [-0.1, -0.05) is 54.6 Å². The molecule has 2 rings (SSSR count). The third kappa shape index (κ3) is 4.43. The fourth-order valence-corrected chi connectivity index (χ4v) is 2.33. The Morgan fingerprint density at radius 1 is 1.10 bits per heavy atom. The van der Waals surface area contributed by atoms with E-state index in [9.17, 15) is 9.90 Å². The summed E-state index contributed by atoms with van der Waals surface area (Å²) in [5.41, 5.74) is 3.31. The molecule has 2 aromatic rings. The van der Waals surface area contributed by atoms with Gasteiger partial charge in [0.25, 0.3) is 0 Å². The molecule has 110 valence electrons. The van der Waals surface area contributed by atoms with Gasteiger partial charge in [0.05, 0.1) is 12.6 Å². The molecule has 0 fully saturated rings. The Morgan fingerprint density at radius 3 is 2.43 bits per heavy atom. The molecule has 0 radical (unpaired) electrons. The molecule has 3 heteroatoms. The third-order valence-electron chi connectivity index (χ3n) is 3.60. The topological polar surface area (TPSA) is 49.3 Å². The first kappa shape index (κ1) is 15.3. The first-order valence-corrected chi connectivity index (χ1v) is 7.20. The SMILES string of the molecule is Cc1ccccc1CCC(=O)NC(CO)c1ccccc1. The molecule has 2 aromatic carbocycles. The van der Waals surface area contributed by atoms with Gasteiger partial charge in [0.1, 0.15) is 0 Å². The zero-order chi connectivity index (χ0) is 15.1. The number of amides is 1. The highest BCUT2D eigenvalue weighted by Gasteiger charge is 2.13. The van der Waals surface area contributed by atoms with Crippen LogP contribution >= 0.6 is 0 Å². The van der Waals surface area contributed by atoms with Gasteiger partial charge in [0.2, 0.25) is 5.91 Å². The number of hydrogen-bond donors (Lipinski definition) is 2. The van der Waals surface area contributed by atoms with Crippen LogP contribution in [0, 0.1) is 6.92 Å². The van der Waals surface area contributed by atoms with Gasteiger partial charge in [-0.2, -0.15) is 0 Å². The average Bonchev–Trinajstić information content (AvgIpc) is 2.52. The zero-order valence-corrected chi connectivity index (χ0v) is 12.3. The van der Waals surface area contributed by atoms with E-state index in [4.69, 9.17) is 0 Å². The van der Waals surface area contributed by atoms with Crippen LogP contribution < -0.4 is 5.32 Å². The maximum absolute atomic E-state index is 12.0. The van der Waals surface area contributed by atoms with Crippen LogP contribution in [-0.2, 0) is 11.2 Å². The summed E-state index contributed by atoms with van der Waals surface area (Å²) in [6, 6.07) is 17.3. The highest BCUT2D eigenvalue weighted by molar-refractivity contribution is 5.76. The lowest BCUT2D eigenvalue weighted by atomic mass is 10.0. The summed E-state index contributed by atoms with van der Waals surface area (Å²) in [6.07, 6.45) is 1.14. The second kappa shape index (κ2) is 7.60. The summed E-state index contributed by atoms with van der Waals surface area (Å²) in [7, 11) is 0. The highest BCUT2D eigenvalue weighted by atomic mass is 16.3. The van der Waals surface area contributed by atoms with Crippen LogP contribution in [0.2, 0.25) is 0 Å². The van der Waals surface area contributed by atoms with E-state index in [2.05, 4.69) is 5.32 Å². The van der Waals surface area contributed by atoms with Crippen molar-refractivity contribution in [3.05, 3.63) is 71.3 Å². The monoisotopic (exact) mass is 283 g/mol. The molecule has 0 aliphatic carbocycles. The molecular formula is C18H21NO2. The van der Waals surface area contributed by atoms with Crippen LogP contribution in [0.4, 0.5) is 0 Å². The molecule has 0 aliphatic heterocycles. The lowest BCUT2D eigenvalue weighted by Gasteiger charge is -2.17. The molecule has 3 nitrogen and oxygen atoms in total. The number of hydrogen-bond acceptors (Lipinski definition) is 2. The number of benzene rings is 2. The Bertz CT molecular complexity index is 581. The van der Waals surface area contributed by atoms with Gasteiger partial charge >= 0.3 is 0 Å². The Kier molecular flexibility index (Phi) is 5.52. The van der Waals surface area contributed by atoms with Crippen molar-refractivity contribution in [2.45, 2.75) is 25.8 Å². The van der Waals surface area contributed by atoms with Gasteiger partial charge in [-0.25, -0.2) is 0 Å². The van der Waals surface area contributed by atoms with Gasteiger partial charge in [-0.05, 0) is 30.0 Å². The standard InChI is InChI=1S/C18H21NO2/c1-14-7-5-6-8-15(14)11-12-18(21)19-17(13-20)16-9-3-2-4-10-16/h2-10,17,20H,11-13H2,1H3,(H,19,21). The Hall–Kier alpha value is -2.13. The summed E-state index contributed by atoms with van der Waals surface area (Å²) in [5.74, 6) is -0.0406. The average molecular weight is 283 g/mol. The molecule has 0 aromatic heterocycles. The molecule has 0 heterocycles. The zero-order valence-electron chi connectivity index (χ0n) is 12.3. The van der Waals surface area contributed by atoms with Crippen LogP contribution in [-0.4, -0.2) is 17.6 Å². The minimum absolute atomic E-state index is 0.0406. The summed E-state index contributed by atoms with van der Waals surface area (Å²) < 4.78 is 0. The summed E-state index contributed by atoms with van der Waals surface area (Å²) in [6.45, 7) is 1.95. The second-order valence-corrected chi connectivity index (χ2v) is 5.14. The molecule has 1 atom stereocenters. The van der Waals surface area contributed by atoms with Crippen molar-refractivity contribution in [1.29, 1.82) is 0 Å². The van der Waals surface area contributed by atoms with E-state index in [0.29, 0.717) is 12.8 Å². The predicted molar refractivity (Wildman–Crippen MR) is 83.9 cm³/mol. The summed E-state index contributed by atoms with van der Waals surface area (Å²) >= 11 is 0. The Balaban J connectivity index is 1.90. The van der Waals surface area contributed by atoms with E-state index in [1.807, 2.05) is 61.5 Å². The maximum Gasteiger partial charge on any atom is 0.220 e. The van der Waals surface area contributed by atoms with Crippen LogP contribution in [0.3, 0.4) is 0 Å². The lowest BCUT2D eigenvalue weighted by Crippen LogP contribution is -2.30. The van der Waals surface area contributed by atoms with Crippen molar-refractivity contribution in [2.24, 2.45) is 0 Å². The van der Waals surface area contributed by atoms with Crippen molar-refractivity contribution < 1.29 is 9.90 Å². The molecular weight excluding hydrogens is 262 g/mol. The number of rotatable bonds is 6. The summed E-state index contributed by atoms with van der Waals surface area (Å²) in [5, 5.41) is 12.3. The number of carbonyl (C=O) groups excluding carboxylic acids is 1. The minimum atomic E-state index is -0.337. The number of aliphatic hydroxyl groups excluding tert-OH is 1. The number of aliphatic hydroxyl groups is 1. The van der Waals surface area contributed by atoms with Gasteiger partial charge in [0.15, 0.2) is 0 Å². The molecule has 0 aliphatic rings. The van der Waals surface area contributed by atoms with Crippen molar-refractivity contribution >= 4 is 5.91 Å². The van der Waals surface area contributed by atoms with Crippen molar-refractivity contribution in [1.82, 2.24) is 5.32 Å². The normalized spacial score (nSPS) is 11.9. The van der Waals surface area contributed by atoms with Crippen LogP contribution in [0.15, 0.2) is 54.6 Å². The Morgan fingerprint density at radius 2 is 1.76 bits per heavy atom. The number of nitrogens with one attached hydrogen (secondary N) is 1. The van der Waals surface area contributed by atoms with E-state index in [-0.39, 0.29) is 18.6 Å². The van der Waals surface area contributed by atoms with E-state index < -0.39 is 0 Å². The van der Waals surface area contributed by atoms with E-state index in [1.165, 1.54) is 11.1 Å². The second-order valence-electron chi connectivity index (χ2n) is 5.14. The summed E-state index contributed by atoms with van der Waals surface area (Å²) in [4.78, 5) is 12.0. The fourth-order valence-electron chi connectivity index (χ4n) is 2.33. The van der Waals surface area contributed by atoms with Crippen LogP contribution in [0.5, 0.6) is 0 Å². The van der Waals surface area contributed by atoms with Gasteiger partial charge < -0.3 is 10.4 Å². The van der Waals surface area contributed by atoms with E-state index in [1.54, 1.807) is 0 Å². The molecule has 1 amide bonds. The first-order valence-electron chi connectivity index (χ1n) is 7.20. The molecule has 1 unspecified atom stereocenters. The van der Waals surface area contributed by atoms with Gasteiger partial charge in [-0.15, -0.1) is 0 Å². The van der Waals surface area contributed by atoms with E-state index in [0.717, 1.165) is 5.56 Å².